The molecular weight excluding hydrogens is 604 g/mol. The van der Waals surface area contributed by atoms with Crippen LogP contribution in [0.3, 0.4) is 0 Å². The lowest BCUT2D eigenvalue weighted by atomic mass is 9.76. The number of carbonyl (C=O) groups excluding carboxylic acids is 3. The van der Waals surface area contributed by atoms with Gasteiger partial charge in [-0.15, -0.1) is 0 Å². The van der Waals surface area contributed by atoms with E-state index in [1.54, 1.807) is 25.4 Å². The lowest BCUT2D eigenvalue weighted by molar-refractivity contribution is -0.145. The molecule has 1 aliphatic carbocycles. The van der Waals surface area contributed by atoms with Crippen LogP contribution in [0.2, 0.25) is 0 Å². The van der Waals surface area contributed by atoms with Gasteiger partial charge < -0.3 is 25.2 Å². The molecule has 1 aromatic carbocycles. The first kappa shape index (κ1) is 36.2. The summed E-state index contributed by atoms with van der Waals surface area (Å²) in [6.07, 6.45) is 10.5. The Labute approximate surface area is 287 Å². The minimum atomic E-state index is -0.525. The van der Waals surface area contributed by atoms with Gasteiger partial charge in [0.25, 0.3) is 0 Å². The summed E-state index contributed by atoms with van der Waals surface area (Å²) >= 11 is 0. The minimum Gasteiger partial charge on any atom is -0.496 e. The molecule has 0 unspecified atom stereocenters. The van der Waals surface area contributed by atoms with Gasteiger partial charge in [-0.1, -0.05) is 27.7 Å². The normalized spacial score (nSPS) is 24.0. The average molecular weight is 663 g/mol. The molecule has 10 heteroatoms. The summed E-state index contributed by atoms with van der Waals surface area (Å²) in [5.74, 6) is 1.62. The molecule has 3 atom stereocenters. The fourth-order valence-corrected chi connectivity index (χ4v) is 7.92. The lowest BCUT2D eigenvalue weighted by Gasteiger charge is -2.40. The number of nitrogens with one attached hydrogen (secondary N) is 2. The third kappa shape index (κ3) is 8.36. The highest BCUT2D eigenvalue weighted by Crippen LogP contribution is 2.36. The van der Waals surface area contributed by atoms with Crippen LogP contribution < -0.4 is 15.4 Å². The predicted octanol–water partition coefficient (Wildman–Crippen LogP) is 5.43. The zero-order valence-electron chi connectivity index (χ0n) is 30.3. The molecule has 1 amide bonds. The zero-order valence-corrected chi connectivity index (χ0v) is 30.3. The quantitative estimate of drug-likeness (QED) is 0.307. The maximum atomic E-state index is 14.0. The van der Waals surface area contributed by atoms with Crippen LogP contribution in [0.25, 0.3) is 10.9 Å². The highest BCUT2D eigenvalue weighted by molar-refractivity contribution is 5.96. The smallest absolute Gasteiger partial charge is 0.227 e. The Balaban J connectivity index is 1.29. The molecular formula is C38H58N6O4. The van der Waals surface area contributed by atoms with Crippen LogP contribution in [-0.4, -0.2) is 95.2 Å². The summed E-state index contributed by atoms with van der Waals surface area (Å²) in [5.41, 5.74) is 1.11. The monoisotopic (exact) mass is 662 g/mol. The molecule has 0 radical (unpaired) electrons. The number of hydrogen-bond donors (Lipinski definition) is 2. The van der Waals surface area contributed by atoms with Crippen LogP contribution in [0.1, 0.15) is 98.0 Å². The summed E-state index contributed by atoms with van der Waals surface area (Å²) < 4.78 is 5.76. The number of nitrogens with zero attached hydrogens (tertiary/aromatic N) is 4. The van der Waals surface area contributed by atoms with Crippen molar-refractivity contribution in [2.24, 2.45) is 17.3 Å². The zero-order chi connectivity index (χ0) is 34.6. The Kier molecular flexibility index (Phi) is 11.8. The molecule has 2 aliphatic heterocycles. The lowest BCUT2D eigenvalue weighted by Crippen LogP contribution is -2.48. The largest absolute Gasteiger partial charge is 0.496 e. The van der Waals surface area contributed by atoms with Crippen LogP contribution >= 0.6 is 0 Å². The van der Waals surface area contributed by atoms with Gasteiger partial charge in [0.1, 0.15) is 23.7 Å². The predicted molar refractivity (Wildman–Crippen MR) is 190 cm³/mol. The first-order valence-corrected chi connectivity index (χ1v) is 18.2. The number of amides is 1. The topological polar surface area (TPSA) is 117 Å². The number of carbonyl (C=O) groups is 3. The molecule has 3 fully saturated rings. The minimum absolute atomic E-state index is 0.00471. The molecule has 264 valence electrons. The van der Waals surface area contributed by atoms with Crippen LogP contribution in [0.5, 0.6) is 5.75 Å². The van der Waals surface area contributed by atoms with E-state index in [0.29, 0.717) is 30.8 Å². The van der Waals surface area contributed by atoms with Gasteiger partial charge in [-0.25, -0.2) is 9.97 Å². The van der Waals surface area contributed by atoms with E-state index >= 15 is 0 Å². The molecule has 2 N–H and O–H groups in total. The number of rotatable bonds is 12. The average Bonchev–Trinajstić information content (AvgIpc) is 3.57. The van der Waals surface area contributed by atoms with Crippen molar-refractivity contribution in [3.63, 3.8) is 0 Å². The number of benzene rings is 1. The third-order valence-corrected chi connectivity index (χ3v) is 11.3. The summed E-state index contributed by atoms with van der Waals surface area (Å²) in [6, 6.07) is 4.04. The Morgan fingerprint density at radius 2 is 1.71 bits per heavy atom. The second kappa shape index (κ2) is 15.6. The molecule has 10 nitrogen and oxygen atoms in total. The Morgan fingerprint density at radius 1 is 1.00 bits per heavy atom. The summed E-state index contributed by atoms with van der Waals surface area (Å²) in [4.78, 5) is 54.5. The first-order valence-electron chi connectivity index (χ1n) is 18.2. The van der Waals surface area contributed by atoms with Gasteiger partial charge in [0.2, 0.25) is 5.91 Å². The number of anilines is 1. The number of ketones is 2. The highest BCUT2D eigenvalue weighted by atomic mass is 16.5. The first-order chi connectivity index (χ1) is 22.9. The van der Waals surface area contributed by atoms with Crippen molar-refractivity contribution in [3.8, 4) is 5.75 Å². The number of likely N-dealkylation sites (tertiary alicyclic amines) is 2. The van der Waals surface area contributed by atoms with Gasteiger partial charge in [-0.05, 0) is 95.8 Å². The Bertz CT molecular complexity index is 1440. The highest BCUT2D eigenvalue weighted by Gasteiger charge is 2.42. The second-order valence-electron chi connectivity index (χ2n) is 15.7. The number of fused-ring (bicyclic) bond motifs is 1. The standard InChI is InChI=1S/C38H58N6O4/c1-24-14-17-43(18-15-24)28-12-10-27(11-13-28)42-36-29-19-26(35(48-7)22-31(29)40-23-41-36)20-34(46)32-9-8-16-44(32)37(47)30(38(3,4)5)21-33(45)25(2)39-6/h19,22-25,27-28,30,32,39H,8-18,20-21H2,1-7H3,(H,40,41,42)/t25-,27?,28?,30+,32-/m0/s1. The van der Waals surface area contributed by atoms with E-state index in [9.17, 15) is 14.4 Å². The molecule has 1 saturated carbocycles. The molecule has 0 bridgehead atoms. The van der Waals surface area contributed by atoms with E-state index in [2.05, 4.69) is 32.4 Å². The number of likely N-dealkylation sites (N-methyl/N-ethyl adjacent to an activating group) is 1. The summed E-state index contributed by atoms with van der Waals surface area (Å²) in [5, 5.41) is 7.59. The fraction of sp³-hybridized carbons (Fsp3) is 0.711. The van der Waals surface area contributed by atoms with Crippen molar-refractivity contribution in [1.29, 1.82) is 0 Å². The molecule has 1 aromatic heterocycles. The van der Waals surface area contributed by atoms with Gasteiger partial charge in [0.15, 0.2) is 5.78 Å². The van der Waals surface area contributed by atoms with Gasteiger partial charge >= 0.3 is 0 Å². The number of hydrogen-bond acceptors (Lipinski definition) is 9. The fourth-order valence-electron chi connectivity index (χ4n) is 7.92. The van der Waals surface area contributed by atoms with Crippen molar-refractivity contribution in [1.82, 2.24) is 25.1 Å². The number of ether oxygens (including phenoxy) is 1. The number of methoxy groups -OCH3 is 1. The molecule has 48 heavy (non-hydrogen) atoms. The third-order valence-electron chi connectivity index (χ3n) is 11.3. The van der Waals surface area contributed by atoms with Crippen molar-refractivity contribution in [2.75, 3.05) is 39.1 Å². The van der Waals surface area contributed by atoms with Crippen molar-refractivity contribution >= 4 is 34.2 Å². The SMILES string of the molecule is CN[C@@H](C)C(=O)C[C@H](C(=O)N1CCC[C@H]1C(=O)Cc1cc2c(NC3CCC(N4CCC(C)CC4)CC3)ncnc2cc1OC)C(C)(C)C. The maximum absolute atomic E-state index is 14.0. The van der Waals surface area contributed by atoms with E-state index in [1.165, 1.54) is 38.8 Å². The Morgan fingerprint density at radius 3 is 2.35 bits per heavy atom. The van der Waals surface area contributed by atoms with Crippen molar-refractivity contribution in [3.05, 3.63) is 24.0 Å². The molecule has 3 aliphatic rings. The number of Topliss-reactive ketones (excluding diaryl/α,β-unsaturated/α-hetero) is 2. The van der Waals surface area contributed by atoms with Gasteiger partial charge in [0, 0.05) is 54.4 Å². The maximum Gasteiger partial charge on any atom is 0.227 e. The van der Waals surface area contributed by atoms with Crippen LogP contribution in [0, 0.1) is 17.3 Å². The van der Waals surface area contributed by atoms with Crippen molar-refractivity contribution < 1.29 is 19.1 Å². The van der Waals surface area contributed by atoms with Gasteiger partial charge in [-0.3, -0.25) is 14.4 Å². The van der Waals surface area contributed by atoms with E-state index in [0.717, 1.165) is 47.5 Å². The molecule has 0 spiro atoms. The van der Waals surface area contributed by atoms with E-state index < -0.39 is 17.4 Å². The van der Waals surface area contributed by atoms with Gasteiger partial charge in [-0.2, -0.15) is 0 Å². The Hall–Kier alpha value is -3.11. The van der Waals surface area contributed by atoms with Gasteiger partial charge in [0.05, 0.1) is 24.7 Å². The number of piperidine rings is 1. The molecule has 2 saturated heterocycles. The second-order valence-corrected chi connectivity index (χ2v) is 15.7. The van der Waals surface area contributed by atoms with Crippen LogP contribution in [-0.2, 0) is 20.8 Å². The van der Waals surface area contributed by atoms with Crippen LogP contribution in [0.4, 0.5) is 5.82 Å². The number of aromatic nitrogens is 2. The molecule has 2 aromatic rings. The van der Waals surface area contributed by atoms with Crippen LogP contribution in [0.15, 0.2) is 18.5 Å². The van der Waals surface area contributed by atoms with Crippen molar-refractivity contribution in [2.45, 2.75) is 123 Å². The van der Waals surface area contributed by atoms with E-state index in [4.69, 9.17) is 4.74 Å². The van der Waals surface area contributed by atoms with E-state index in [1.807, 2.05) is 39.8 Å². The summed E-state index contributed by atoms with van der Waals surface area (Å²) in [6.45, 7) is 13.1. The molecule has 5 rings (SSSR count). The van der Waals surface area contributed by atoms with E-state index in [-0.39, 0.29) is 36.4 Å². The molecule has 3 heterocycles. The summed E-state index contributed by atoms with van der Waals surface area (Å²) in [7, 11) is 3.36.